The topological polar surface area (TPSA) is 71.7 Å². The first-order valence-electron chi connectivity index (χ1n) is 9.85. The number of anilines is 1. The first-order chi connectivity index (χ1) is 15.4. The maximum atomic E-state index is 13.3. The maximum Gasteiger partial charge on any atom is 0.471 e. The predicted molar refractivity (Wildman–Crippen MR) is 109 cm³/mol. The number of nitrogens with zero attached hydrogens (tertiary/aromatic N) is 4. The molecular formula is C21H17F3N4O3S. The zero-order valence-electron chi connectivity index (χ0n) is 16.6. The number of fused-ring (bicyclic) bond motifs is 2. The van der Waals surface area contributed by atoms with Gasteiger partial charge in [-0.1, -0.05) is 41.2 Å². The lowest BCUT2D eigenvalue weighted by molar-refractivity contribution is -0.159. The Labute approximate surface area is 185 Å². The summed E-state index contributed by atoms with van der Waals surface area (Å²) in [5, 5.41) is 3.48. The number of morpholine rings is 1. The molecule has 2 aromatic carbocycles. The summed E-state index contributed by atoms with van der Waals surface area (Å²) in [7, 11) is 0. The van der Waals surface area contributed by atoms with Gasteiger partial charge in [0, 0.05) is 28.4 Å². The largest absolute Gasteiger partial charge is 0.471 e. The summed E-state index contributed by atoms with van der Waals surface area (Å²) < 4.78 is 48.2. The van der Waals surface area contributed by atoms with E-state index in [0.29, 0.717) is 38.4 Å². The number of halogens is 3. The second-order valence-electron chi connectivity index (χ2n) is 7.28. The molecule has 0 spiro atoms. The summed E-state index contributed by atoms with van der Waals surface area (Å²) in [5.41, 5.74) is 2.06. The Morgan fingerprint density at radius 2 is 1.84 bits per heavy atom. The zero-order chi connectivity index (χ0) is 22.3. The Morgan fingerprint density at radius 3 is 2.59 bits per heavy atom. The Morgan fingerprint density at radius 1 is 1.06 bits per heavy atom. The smallest absolute Gasteiger partial charge is 0.378 e. The van der Waals surface area contributed by atoms with E-state index in [4.69, 9.17) is 4.74 Å². The number of hydrogen-bond donors (Lipinski definition) is 0. The van der Waals surface area contributed by atoms with Crippen molar-refractivity contribution >= 4 is 23.5 Å². The number of amides is 2. The van der Waals surface area contributed by atoms with Crippen LogP contribution in [-0.2, 0) is 17.5 Å². The number of ether oxygens (including phenoxy) is 1. The second kappa shape index (κ2) is 8.14. The van der Waals surface area contributed by atoms with E-state index in [1.807, 2.05) is 24.3 Å². The maximum absolute atomic E-state index is 13.3. The molecule has 7 nitrogen and oxygen atoms in total. The van der Waals surface area contributed by atoms with E-state index in [-0.39, 0.29) is 11.9 Å². The minimum absolute atomic E-state index is 0.105. The number of carbonyl (C=O) groups is 1. The molecule has 2 aliphatic rings. The van der Waals surface area contributed by atoms with Crippen LogP contribution in [0.4, 0.5) is 23.7 Å². The molecule has 3 heterocycles. The third kappa shape index (κ3) is 3.93. The molecule has 0 unspecified atom stereocenters. The van der Waals surface area contributed by atoms with Crippen LogP contribution in [0.3, 0.4) is 0 Å². The minimum atomic E-state index is -4.70. The van der Waals surface area contributed by atoms with Crippen LogP contribution in [0, 0.1) is 0 Å². The van der Waals surface area contributed by atoms with Gasteiger partial charge in [0.25, 0.3) is 0 Å². The number of alkyl halides is 3. The molecule has 166 valence electrons. The van der Waals surface area contributed by atoms with Crippen LogP contribution in [0.5, 0.6) is 0 Å². The lowest BCUT2D eigenvalue weighted by Gasteiger charge is -2.33. The highest BCUT2D eigenvalue weighted by molar-refractivity contribution is 7.99. The molecule has 0 bridgehead atoms. The first-order valence-corrected chi connectivity index (χ1v) is 10.7. The van der Waals surface area contributed by atoms with Crippen molar-refractivity contribution in [3.63, 3.8) is 0 Å². The first kappa shape index (κ1) is 20.8. The molecule has 11 heteroatoms. The van der Waals surface area contributed by atoms with Gasteiger partial charge in [0.05, 0.1) is 25.4 Å². The standard InChI is InChI=1S/C21H17F3N4O3S/c22-21(23,24)19-25-18(26-31-19)13-5-6-14-12-28(20(29)27-7-9-30-10-8-27)15-3-1-2-4-16(15)32-17(14)11-13/h1-6,11H,7-10,12H2. The van der Waals surface area contributed by atoms with Gasteiger partial charge in [-0.05, 0) is 23.8 Å². The minimum Gasteiger partial charge on any atom is -0.378 e. The highest BCUT2D eigenvalue weighted by Gasteiger charge is 2.38. The van der Waals surface area contributed by atoms with Crippen LogP contribution in [-0.4, -0.2) is 47.4 Å². The summed E-state index contributed by atoms with van der Waals surface area (Å²) >= 11 is 1.45. The van der Waals surface area contributed by atoms with Gasteiger partial charge >= 0.3 is 18.1 Å². The molecule has 1 aromatic heterocycles. The Kier molecular flexibility index (Phi) is 5.30. The number of carbonyl (C=O) groups excluding carboxylic acids is 1. The van der Waals surface area contributed by atoms with E-state index in [1.165, 1.54) is 11.8 Å². The number of urea groups is 1. The summed E-state index contributed by atoms with van der Waals surface area (Å²) in [6.45, 7) is 2.38. The van der Waals surface area contributed by atoms with Gasteiger partial charge in [0.15, 0.2) is 0 Å². The van der Waals surface area contributed by atoms with Gasteiger partial charge in [-0.15, -0.1) is 0 Å². The fraction of sp³-hybridized carbons (Fsp3) is 0.286. The average Bonchev–Trinajstić information content (AvgIpc) is 3.24. The molecule has 2 aliphatic heterocycles. The van der Waals surface area contributed by atoms with Gasteiger partial charge in [0.2, 0.25) is 5.82 Å². The van der Waals surface area contributed by atoms with E-state index in [0.717, 1.165) is 21.0 Å². The van der Waals surface area contributed by atoms with Crippen LogP contribution in [0.1, 0.15) is 11.5 Å². The average molecular weight is 462 g/mol. The third-order valence-electron chi connectivity index (χ3n) is 5.21. The molecule has 32 heavy (non-hydrogen) atoms. The van der Waals surface area contributed by atoms with Crippen molar-refractivity contribution in [2.45, 2.75) is 22.5 Å². The van der Waals surface area contributed by atoms with Gasteiger partial charge in [-0.2, -0.15) is 18.2 Å². The quantitative estimate of drug-likeness (QED) is 0.523. The fourth-order valence-corrected chi connectivity index (χ4v) is 4.73. The molecule has 1 fully saturated rings. The van der Waals surface area contributed by atoms with Crippen molar-refractivity contribution in [2.24, 2.45) is 0 Å². The van der Waals surface area contributed by atoms with E-state index < -0.39 is 12.1 Å². The van der Waals surface area contributed by atoms with Crippen molar-refractivity contribution in [2.75, 3.05) is 31.2 Å². The Balaban J connectivity index is 1.51. The second-order valence-corrected chi connectivity index (χ2v) is 8.37. The normalized spacial score (nSPS) is 16.3. The summed E-state index contributed by atoms with van der Waals surface area (Å²) in [5.74, 6) is -1.53. The van der Waals surface area contributed by atoms with Crippen molar-refractivity contribution < 1.29 is 27.2 Å². The molecule has 0 atom stereocenters. The number of aromatic nitrogens is 2. The molecular weight excluding hydrogens is 445 g/mol. The Hall–Kier alpha value is -3.05. The van der Waals surface area contributed by atoms with E-state index in [9.17, 15) is 18.0 Å². The van der Waals surface area contributed by atoms with Gasteiger partial charge in [-0.25, -0.2) is 4.79 Å². The van der Waals surface area contributed by atoms with Crippen molar-refractivity contribution in [3.05, 3.63) is 53.9 Å². The summed E-state index contributed by atoms with van der Waals surface area (Å²) in [6.07, 6.45) is -4.70. The van der Waals surface area contributed by atoms with Crippen LogP contribution in [0.25, 0.3) is 11.4 Å². The van der Waals surface area contributed by atoms with Crippen LogP contribution in [0.2, 0.25) is 0 Å². The molecule has 0 aliphatic carbocycles. The summed E-state index contributed by atoms with van der Waals surface area (Å²) in [4.78, 5) is 22.0. The molecule has 2 amide bonds. The van der Waals surface area contributed by atoms with Crippen LogP contribution < -0.4 is 4.90 Å². The van der Waals surface area contributed by atoms with Gasteiger partial charge < -0.3 is 14.2 Å². The lowest BCUT2D eigenvalue weighted by atomic mass is 10.1. The van der Waals surface area contributed by atoms with Crippen LogP contribution in [0.15, 0.2) is 56.8 Å². The van der Waals surface area contributed by atoms with Crippen molar-refractivity contribution in [1.82, 2.24) is 15.0 Å². The van der Waals surface area contributed by atoms with E-state index >= 15 is 0 Å². The van der Waals surface area contributed by atoms with E-state index in [1.54, 1.807) is 28.0 Å². The van der Waals surface area contributed by atoms with Crippen LogP contribution >= 0.6 is 11.8 Å². The molecule has 3 aromatic rings. The molecule has 5 rings (SSSR count). The van der Waals surface area contributed by atoms with Gasteiger partial charge in [0.1, 0.15) is 0 Å². The highest BCUT2D eigenvalue weighted by atomic mass is 32.2. The molecule has 0 saturated carbocycles. The Bertz CT molecular complexity index is 1160. The SMILES string of the molecule is O=C(N1CCOCC1)N1Cc2ccc(-c3noc(C(F)(F)F)n3)cc2Sc2ccccc21. The molecule has 1 saturated heterocycles. The summed E-state index contributed by atoms with van der Waals surface area (Å²) in [6, 6.07) is 12.6. The van der Waals surface area contributed by atoms with Crippen molar-refractivity contribution in [1.29, 1.82) is 0 Å². The van der Waals surface area contributed by atoms with Gasteiger partial charge in [-0.3, -0.25) is 4.90 Å². The predicted octanol–water partition coefficient (Wildman–Crippen LogP) is 4.68. The monoisotopic (exact) mass is 462 g/mol. The zero-order valence-corrected chi connectivity index (χ0v) is 17.4. The fourth-order valence-electron chi connectivity index (χ4n) is 3.61. The molecule has 0 N–H and O–H groups in total. The lowest BCUT2D eigenvalue weighted by Crippen LogP contribution is -2.48. The highest BCUT2D eigenvalue weighted by Crippen LogP contribution is 2.43. The molecule has 0 radical (unpaired) electrons. The van der Waals surface area contributed by atoms with Crippen molar-refractivity contribution in [3.8, 4) is 11.4 Å². The number of benzene rings is 2. The number of para-hydroxylation sites is 1. The third-order valence-corrected chi connectivity index (χ3v) is 6.38. The number of rotatable bonds is 1. The number of hydrogen-bond acceptors (Lipinski definition) is 6. The van der Waals surface area contributed by atoms with E-state index in [2.05, 4.69) is 14.7 Å².